The van der Waals surface area contributed by atoms with Crippen LogP contribution in [0.5, 0.6) is 5.75 Å². The first-order chi connectivity index (χ1) is 9.94. The molecule has 2 rings (SSSR count). The second kappa shape index (κ2) is 5.89. The molecule has 0 unspecified atom stereocenters. The van der Waals surface area contributed by atoms with E-state index < -0.39 is 20.6 Å². The zero-order chi connectivity index (χ0) is 15.5. The van der Waals surface area contributed by atoms with Crippen LogP contribution in [0.15, 0.2) is 35.5 Å². The summed E-state index contributed by atoms with van der Waals surface area (Å²) in [6.07, 6.45) is 3.01. The number of nitro groups is 1. The van der Waals surface area contributed by atoms with Crippen LogP contribution in [0.1, 0.15) is 5.56 Å². The highest BCUT2D eigenvalue weighted by Crippen LogP contribution is 2.29. The van der Waals surface area contributed by atoms with Gasteiger partial charge in [0.1, 0.15) is 0 Å². The summed E-state index contributed by atoms with van der Waals surface area (Å²) < 4.78 is 31.3. The lowest BCUT2D eigenvalue weighted by molar-refractivity contribution is -0.386. The van der Waals surface area contributed by atoms with E-state index in [2.05, 4.69) is 14.9 Å². The van der Waals surface area contributed by atoms with Crippen LogP contribution in [0, 0.1) is 10.1 Å². The highest BCUT2D eigenvalue weighted by Gasteiger charge is 2.21. The van der Waals surface area contributed by atoms with Crippen molar-refractivity contribution < 1.29 is 18.1 Å². The molecule has 0 aliphatic carbocycles. The summed E-state index contributed by atoms with van der Waals surface area (Å²) in [5, 5.41) is 17.1. The molecule has 0 aliphatic rings. The van der Waals surface area contributed by atoms with Crippen molar-refractivity contribution in [1.82, 2.24) is 14.9 Å². The zero-order valence-electron chi connectivity index (χ0n) is 10.9. The van der Waals surface area contributed by atoms with Gasteiger partial charge < -0.3 is 4.74 Å². The van der Waals surface area contributed by atoms with Gasteiger partial charge in [0.25, 0.3) is 0 Å². The molecule has 0 bridgehead atoms. The molecule has 0 amide bonds. The monoisotopic (exact) mass is 312 g/mol. The van der Waals surface area contributed by atoms with E-state index in [9.17, 15) is 18.5 Å². The summed E-state index contributed by atoms with van der Waals surface area (Å²) >= 11 is 0. The van der Waals surface area contributed by atoms with Crippen LogP contribution in [-0.2, 0) is 16.6 Å². The summed E-state index contributed by atoms with van der Waals surface area (Å²) in [6.45, 7) is 0.0264. The van der Waals surface area contributed by atoms with Crippen LogP contribution >= 0.6 is 0 Å². The first-order valence-corrected chi connectivity index (χ1v) is 7.22. The molecule has 10 heteroatoms. The molecule has 0 saturated carbocycles. The molecule has 0 radical (unpaired) electrons. The summed E-state index contributed by atoms with van der Waals surface area (Å²) in [5.41, 5.74) is 0.227. The van der Waals surface area contributed by atoms with E-state index in [1.807, 2.05) is 0 Å². The van der Waals surface area contributed by atoms with Crippen molar-refractivity contribution in [2.24, 2.45) is 0 Å². The first-order valence-electron chi connectivity index (χ1n) is 5.74. The van der Waals surface area contributed by atoms with Crippen LogP contribution in [0.4, 0.5) is 5.69 Å². The van der Waals surface area contributed by atoms with Crippen molar-refractivity contribution in [3.05, 3.63) is 46.3 Å². The number of hydrogen-bond donors (Lipinski definition) is 2. The number of methoxy groups -OCH3 is 1. The molecule has 21 heavy (non-hydrogen) atoms. The second-order valence-corrected chi connectivity index (χ2v) is 5.79. The molecule has 1 heterocycles. The third kappa shape index (κ3) is 3.35. The van der Waals surface area contributed by atoms with E-state index in [0.717, 1.165) is 6.07 Å². The van der Waals surface area contributed by atoms with Crippen molar-refractivity contribution >= 4 is 15.7 Å². The van der Waals surface area contributed by atoms with Crippen LogP contribution < -0.4 is 9.46 Å². The Balaban J connectivity index is 2.27. The van der Waals surface area contributed by atoms with Crippen molar-refractivity contribution in [2.45, 2.75) is 11.4 Å². The molecule has 1 aromatic carbocycles. The van der Waals surface area contributed by atoms with Crippen LogP contribution in [0.25, 0.3) is 0 Å². The SMILES string of the molecule is COc1ccc(S(=O)(=O)NCc2cn[nH]c2)cc1[N+](=O)[O-]. The third-order valence-corrected chi connectivity index (χ3v) is 4.08. The molecule has 0 fully saturated rings. The number of ether oxygens (including phenoxy) is 1. The summed E-state index contributed by atoms with van der Waals surface area (Å²) in [7, 11) is -2.60. The number of nitrogens with one attached hydrogen (secondary N) is 2. The van der Waals surface area contributed by atoms with Crippen molar-refractivity contribution in [2.75, 3.05) is 7.11 Å². The van der Waals surface area contributed by atoms with Gasteiger partial charge >= 0.3 is 5.69 Å². The lowest BCUT2D eigenvalue weighted by Crippen LogP contribution is -2.23. The number of sulfonamides is 1. The molecule has 2 N–H and O–H groups in total. The standard InChI is InChI=1S/C11H12N4O5S/c1-20-11-3-2-9(4-10(11)15(16)17)21(18,19)14-7-8-5-12-13-6-8/h2-6,14H,7H2,1H3,(H,12,13). The normalized spacial score (nSPS) is 11.3. The molecular formula is C11H12N4O5S. The third-order valence-electron chi connectivity index (χ3n) is 2.68. The maximum atomic E-state index is 12.1. The topological polar surface area (TPSA) is 127 Å². The number of aromatic nitrogens is 2. The molecule has 1 aromatic heterocycles. The fourth-order valence-electron chi connectivity index (χ4n) is 1.62. The Labute approximate surface area is 120 Å². The molecule has 0 spiro atoms. The van der Waals surface area contributed by atoms with Crippen LogP contribution in [-0.4, -0.2) is 30.6 Å². The minimum absolute atomic E-state index is 0.00576. The Bertz CT molecular complexity index is 742. The molecule has 0 saturated heterocycles. The van der Waals surface area contributed by atoms with E-state index in [4.69, 9.17) is 4.74 Å². The molecule has 112 valence electrons. The maximum absolute atomic E-state index is 12.1. The smallest absolute Gasteiger partial charge is 0.312 e. The van der Waals surface area contributed by atoms with Gasteiger partial charge in [-0.25, -0.2) is 13.1 Å². The quantitative estimate of drug-likeness (QED) is 0.600. The van der Waals surface area contributed by atoms with Gasteiger partial charge in [0.05, 0.1) is 23.1 Å². The first kappa shape index (κ1) is 14.9. The summed E-state index contributed by atoms with van der Waals surface area (Å²) in [4.78, 5) is 9.99. The number of H-pyrrole nitrogens is 1. The van der Waals surface area contributed by atoms with Gasteiger partial charge in [-0.15, -0.1) is 0 Å². The molecule has 9 nitrogen and oxygen atoms in total. The highest BCUT2D eigenvalue weighted by molar-refractivity contribution is 7.89. The van der Waals surface area contributed by atoms with Crippen molar-refractivity contribution in [3.8, 4) is 5.75 Å². The minimum atomic E-state index is -3.87. The molecule has 0 atom stereocenters. The number of rotatable bonds is 6. The number of benzene rings is 1. The van der Waals surface area contributed by atoms with Crippen molar-refractivity contribution in [1.29, 1.82) is 0 Å². The Kier molecular flexibility index (Phi) is 4.19. The van der Waals surface area contributed by atoms with E-state index in [1.54, 1.807) is 6.20 Å². The van der Waals surface area contributed by atoms with Gasteiger partial charge in [0.2, 0.25) is 10.0 Å². The average Bonchev–Trinajstić information content (AvgIpc) is 2.97. The summed E-state index contributed by atoms with van der Waals surface area (Å²) in [5.74, 6) is -0.00576. The molecule has 2 aromatic rings. The van der Waals surface area contributed by atoms with E-state index >= 15 is 0 Å². The van der Waals surface area contributed by atoms with E-state index in [0.29, 0.717) is 5.56 Å². The predicted octanol–water partition coefficient (Wildman–Crippen LogP) is 0.805. The Hall–Kier alpha value is -2.46. The van der Waals surface area contributed by atoms with Crippen molar-refractivity contribution in [3.63, 3.8) is 0 Å². The lowest BCUT2D eigenvalue weighted by atomic mass is 10.3. The average molecular weight is 312 g/mol. The molecular weight excluding hydrogens is 300 g/mol. The van der Waals surface area contributed by atoms with Crippen LogP contribution in [0.2, 0.25) is 0 Å². The number of nitrogens with zero attached hydrogens (tertiary/aromatic N) is 2. The van der Waals surface area contributed by atoms with Gasteiger partial charge in [-0.1, -0.05) is 0 Å². The van der Waals surface area contributed by atoms with Gasteiger partial charge in [-0.05, 0) is 12.1 Å². The number of nitro benzene ring substituents is 1. The zero-order valence-corrected chi connectivity index (χ0v) is 11.8. The second-order valence-electron chi connectivity index (χ2n) is 4.02. The minimum Gasteiger partial charge on any atom is -0.490 e. The number of hydrogen-bond acceptors (Lipinski definition) is 6. The van der Waals surface area contributed by atoms with E-state index in [1.165, 1.54) is 25.4 Å². The van der Waals surface area contributed by atoms with Gasteiger partial charge in [-0.2, -0.15) is 5.10 Å². The maximum Gasteiger partial charge on any atom is 0.312 e. The predicted molar refractivity (Wildman–Crippen MR) is 72.3 cm³/mol. The highest BCUT2D eigenvalue weighted by atomic mass is 32.2. The van der Waals surface area contributed by atoms with Gasteiger partial charge in [0, 0.05) is 24.4 Å². The molecule has 0 aliphatic heterocycles. The van der Waals surface area contributed by atoms with Gasteiger partial charge in [-0.3, -0.25) is 15.2 Å². The van der Waals surface area contributed by atoms with E-state index in [-0.39, 0.29) is 17.2 Å². The Morgan fingerprint density at radius 2 is 2.24 bits per heavy atom. The Morgan fingerprint density at radius 1 is 1.48 bits per heavy atom. The Morgan fingerprint density at radius 3 is 2.81 bits per heavy atom. The fraction of sp³-hybridized carbons (Fsp3) is 0.182. The van der Waals surface area contributed by atoms with Gasteiger partial charge in [0.15, 0.2) is 5.75 Å². The largest absolute Gasteiger partial charge is 0.490 e. The lowest BCUT2D eigenvalue weighted by Gasteiger charge is -2.07. The number of aromatic amines is 1. The van der Waals surface area contributed by atoms with Crippen LogP contribution in [0.3, 0.4) is 0 Å². The summed E-state index contributed by atoms with van der Waals surface area (Å²) in [6, 6.07) is 3.44. The fourth-order valence-corrected chi connectivity index (χ4v) is 2.65.